The highest BCUT2D eigenvalue weighted by Crippen LogP contribution is 2.14. The summed E-state index contributed by atoms with van der Waals surface area (Å²) in [6, 6.07) is 0. The molecule has 0 atom stereocenters. The fourth-order valence-electron chi connectivity index (χ4n) is 4.83. The Hall–Kier alpha value is -1.37. The number of hydrogen-bond donors (Lipinski definition) is 0. The van der Waals surface area contributed by atoms with E-state index in [-0.39, 0.29) is 0 Å². The predicted molar refractivity (Wildman–Crippen MR) is 177 cm³/mol. The van der Waals surface area contributed by atoms with Crippen molar-refractivity contribution in [1.29, 1.82) is 0 Å². The normalized spacial score (nSPS) is 12.3. The van der Waals surface area contributed by atoms with Crippen molar-refractivity contribution in [2.24, 2.45) is 0 Å². The zero-order valence-corrected chi connectivity index (χ0v) is 26.5. The summed E-state index contributed by atoms with van der Waals surface area (Å²) in [7, 11) is 0. The van der Waals surface area contributed by atoms with E-state index in [0.717, 1.165) is 51.4 Å². The summed E-state index contributed by atoms with van der Waals surface area (Å²) in [4.78, 5) is 12.1. The lowest BCUT2D eigenvalue weighted by atomic mass is 10.0. The van der Waals surface area contributed by atoms with Crippen molar-refractivity contribution in [2.45, 2.75) is 181 Å². The standard InChI is InChI=1S/C38H67O/c1-3-5-7-9-11-13-15-17-19-20-21-23-25-27-29-31-33-35-37-38(39)36-34-32-30-28-26-24-22-18-16-14-12-10-8-6-4-2/h11,13,17,19,21,23,27,29,37H,3-10,12,14-16,18,20,22,24-26,28,30-36H2,1-2H3/b13-11-,19-17-,23-21-,29-27-. The van der Waals surface area contributed by atoms with E-state index in [2.05, 4.69) is 62.5 Å². The molecular weight excluding hydrogens is 472 g/mol. The Morgan fingerprint density at radius 3 is 1.21 bits per heavy atom. The van der Waals surface area contributed by atoms with Gasteiger partial charge in [0, 0.05) is 12.8 Å². The summed E-state index contributed by atoms with van der Waals surface area (Å²) in [5.41, 5.74) is 0. The molecule has 0 saturated carbocycles. The molecule has 1 nitrogen and oxygen atoms in total. The van der Waals surface area contributed by atoms with Crippen LogP contribution in [0, 0.1) is 6.42 Å². The van der Waals surface area contributed by atoms with Gasteiger partial charge in [-0.15, -0.1) is 0 Å². The summed E-state index contributed by atoms with van der Waals surface area (Å²) < 4.78 is 0. The molecule has 0 heterocycles. The second-order valence-corrected chi connectivity index (χ2v) is 11.4. The van der Waals surface area contributed by atoms with Crippen molar-refractivity contribution in [2.75, 3.05) is 0 Å². The molecule has 1 heteroatoms. The predicted octanol–water partition coefficient (Wildman–Crippen LogP) is 13.2. The Balaban J connectivity index is 3.34. The van der Waals surface area contributed by atoms with Gasteiger partial charge in [0.25, 0.3) is 0 Å². The minimum Gasteiger partial charge on any atom is -0.299 e. The van der Waals surface area contributed by atoms with E-state index in [1.54, 1.807) is 0 Å². The van der Waals surface area contributed by atoms with Crippen LogP contribution in [0.15, 0.2) is 48.6 Å². The van der Waals surface area contributed by atoms with Gasteiger partial charge in [-0.25, -0.2) is 0 Å². The molecule has 0 aromatic rings. The molecule has 0 unspecified atom stereocenters. The molecule has 0 aliphatic carbocycles. The molecule has 0 amide bonds. The average Bonchev–Trinajstić information content (AvgIpc) is 2.94. The Bertz CT molecular complexity index is 594. The van der Waals surface area contributed by atoms with Gasteiger partial charge in [0.05, 0.1) is 0 Å². The molecule has 0 spiro atoms. The van der Waals surface area contributed by atoms with Crippen LogP contribution in [0.4, 0.5) is 0 Å². The molecule has 0 rings (SSSR count). The van der Waals surface area contributed by atoms with Crippen LogP contribution >= 0.6 is 0 Å². The quantitative estimate of drug-likeness (QED) is 0.0632. The molecule has 1 radical (unpaired) electrons. The second-order valence-electron chi connectivity index (χ2n) is 11.4. The fourth-order valence-corrected chi connectivity index (χ4v) is 4.83. The first kappa shape index (κ1) is 37.6. The number of carbonyl (C=O) groups excluding carboxylic acids is 1. The number of unbranched alkanes of at least 4 members (excludes halogenated alkanes) is 19. The van der Waals surface area contributed by atoms with E-state index in [4.69, 9.17) is 0 Å². The molecule has 0 aromatic carbocycles. The third-order valence-corrected chi connectivity index (χ3v) is 7.43. The van der Waals surface area contributed by atoms with Gasteiger partial charge in [-0.05, 0) is 57.8 Å². The van der Waals surface area contributed by atoms with E-state index in [1.807, 2.05) is 6.42 Å². The van der Waals surface area contributed by atoms with E-state index in [1.165, 1.54) is 116 Å². The van der Waals surface area contributed by atoms with Crippen molar-refractivity contribution >= 4 is 5.78 Å². The lowest BCUT2D eigenvalue weighted by Crippen LogP contribution is -1.98. The Kier molecular flexibility index (Phi) is 33.4. The third-order valence-electron chi connectivity index (χ3n) is 7.43. The van der Waals surface area contributed by atoms with Crippen LogP contribution < -0.4 is 0 Å². The topological polar surface area (TPSA) is 17.1 Å². The van der Waals surface area contributed by atoms with E-state index in [0.29, 0.717) is 5.78 Å². The number of Topliss-reactive ketones (excluding diaryl/α,β-unsaturated/α-hetero) is 1. The molecule has 0 fully saturated rings. The van der Waals surface area contributed by atoms with Gasteiger partial charge in [0.2, 0.25) is 0 Å². The van der Waals surface area contributed by atoms with Crippen molar-refractivity contribution in [1.82, 2.24) is 0 Å². The number of hydrogen-bond acceptors (Lipinski definition) is 1. The van der Waals surface area contributed by atoms with Crippen molar-refractivity contribution in [3.05, 3.63) is 55.0 Å². The summed E-state index contributed by atoms with van der Waals surface area (Å²) in [5.74, 6) is 0.358. The monoisotopic (exact) mass is 540 g/mol. The van der Waals surface area contributed by atoms with Gasteiger partial charge < -0.3 is 0 Å². The minimum absolute atomic E-state index is 0.358. The van der Waals surface area contributed by atoms with Crippen LogP contribution in [0.1, 0.15) is 181 Å². The molecule has 0 aliphatic heterocycles. The van der Waals surface area contributed by atoms with Crippen LogP contribution in [0.25, 0.3) is 0 Å². The molecule has 0 saturated heterocycles. The summed E-state index contributed by atoms with van der Waals surface area (Å²) >= 11 is 0. The number of rotatable bonds is 31. The van der Waals surface area contributed by atoms with Gasteiger partial charge in [0.15, 0.2) is 0 Å². The zero-order chi connectivity index (χ0) is 28.3. The first-order valence-electron chi connectivity index (χ1n) is 17.3. The largest absolute Gasteiger partial charge is 0.299 e. The smallest absolute Gasteiger partial charge is 0.136 e. The third kappa shape index (κ3) is 34.6. The Labute approximate surface area is 246 Å². The van der Waals surface area contributed by atoms with Crippen molar-refractivity contribution in [3.8, 4) is 0 Å². The average molecular weight is 540 g/mol. The molecule has 0 N–H and O–H groups in total. The maximum Gasteiger partial charge on any atom is 0.136 e. The zero-order valence-electron chi connectivity index (χ0n) is 26.5. The molecule has 225 valence electrons. The number of ketones is 1. The highest BCUT2D eigenvalue weighted by molar-refractivity contribution is 5.86. The van der Waals surface area contributed by atoms with Crippen molar-refractivity contribution in [3.63, 3.8) is 0 Å². The second kappa shape index (κ2) is 34.7. The van der Waals surface area contributed by atoms with Crippen LogP contribution in [0.2, 0.25) is 0 Å². The van der Waals surface area contributed by atoms with E-state index in [9.17, 15) is 4.79 Å². The van der Waals surface area contributed by atoms with Gasteiger partial charge in [-0.3, -0.25) is 4.79 Å². The minimum atomic E-state index is 0.358. The fraction of sp³-hybridized carbons (Fsp3) is 0.737. The van der Waals surface area contributed by atoms with Gasteiger partial charge in [0.1, 0.15) is 5.78 Å². The Morgan fingerprint density at radius 1 is 0.385 bits per heavy atom. The first-order valence-corrected chi connectivity index (χ1v) is 17.3. The van der Waals surface area contributed by atoms with Crippen LogP contribution in [-0.4, -0.2) is 5.78 Å². The summed E-state index contributed by atoms with van der Waals surface area (Å²) in [5, 5.41) is 0. The van der Waals surface area contributed by atoms with E-state index >= 15 is 0 Å². The summed E-state index contributed by atoms with van der Waals surface area (Å²) in [6.07, 6.45) is 52.7. The molecule has 0 bridgehead atoms. The summed E-state index contributed by atoms with van der Waals surface area (Å²) in [6.45, 7) is 4.54. The van der Waals surface area contributed by atoms with Gasteiger partial charge in [-0.2, -0.15) is 0 Å². The van der Waals surface area contributed by atoms with Crippen LogP contribution in [0.5, 0.6) is 0 Å². The maximum absolute atomic E-state index is 12.1. The first-order chi connectivity index (χ1) is 19.3. The highest BCUT2D eigenvalue weighted by atomic mass is 16.1. The van der Waals surface area contributed by atoms with Gasteiger partial charge >= 0.3 is 0 Å². The highest BCUT2D eigenvalue weighted by Gasteiger charge is 2.02. The lowest BCUT2D eigenvalue weighted by Gasteiger charge is -2.03. The maximum atomic E-state index is 12.1. The Morgan fingerprint density at radius 2 is 0.744 bits per heavy atom. The lowest BCUT2D eigenvalue weighted by molar-refractivity contribution is -0.116. The van der Waals surface area contributed by atoms with Crippen LogP contribution in [0.3, 0.4) is 0 Å². The number of carbonyl (C=O) groups is 1. The SMILES string of the molecule is CCCCC/C=C\C/C=C\C/C=C\C/C=C\CCC[CH]C(=O)CCCCCCCCCCCCCCCCC. The van der Waals surface area contributed by atoms with Gasteiger partial charge in [-0.1, -0.05) is 165 Å². The molecule has 0 aliphatic rings. The van der Waals surface area contributed by atoms with Crippen LogP contribution in [-0.2, 0) is 4.79 Å². The number of allylic oxidation sites excluding steroid dienone is 8. The van der Waals surface area contributed by atoms with E-state index < -0.39 is 0 Å². The van der Waals surface area contributed by atoms with Crippen molar-refractivity contribution < 1.29 is 4.79 Å². The molecular formula is C38H67O. The molecule has 39 heavy (non-hydrogen) atoms. The molecule has 0 aromatic heterocycles.